The van der Waals surface area contributed by atoms with Gasteiger partial charge in [-0.2, -0.15) is 0 Å². The largest absolute Gasteiger partial charge is 0.493 e. The van der Waals surface area contributed by atoms with Gasteiger partial charge in [-0.1, -0.05) is 30.3 Å². The van der Waals surface area contributed by atoms with Crippen molar-refractivity contribution in [2.24, 2.45) is 0 Å². The third kappa shape index (κ3) is 6.13. The van der Waals surface area contributed by atoms with Crippen molar-refractivity contribution in [1.29, 1.82) is 0 Å². The molecule has 5 nitrogen and oxygen atoms in total. The molecule has 2 aromatic carbocycles. The zero-order valence-corrected chi connectivity index (χ0v) is 15.5. The maximum Gasteiger partial charge on any atom is 0.227 e. The van der Waals surface area contributed by atoms with E-state index in [1.54, 1.807) is 0 Å². The molecule has 1 aliphatic rings. The Morgan fingerprint density at radius 1 is 0.926 bits per heavy atom. The van der Waals surface area contributed by atoms with Crippen molar-refractivity contribution >= 4 is 17.5 Å². The highest BCUT2D eigenvalue weighted by Gasteiger charge is 2.16. The first-order valence-corrected chi connectivity index (χ1v) is 9.55. The Kier molecular flexibility index (Phi) is 6.85. The number of amides is 2. The van der Waals surface area contributed by atoms with E-state index >= 15 is 0 Å². The van der Waals surface area contributed by atoms with E-state index < -0.39 is 0 Å². The molecule has 142 valence electrons. The van der Waals surface area contributed by atoms with Gasteiger partial charge >= 0.3 is 0 Å². The van der Waals surface area contributed by atoms with E-state index in [1.165, 1.54) is 6.42 Å². The Labute approximate surface area is 160 Å². The molecule has 1 saturated heterocycles. The number of anilines is 1. The molecule has 5 heteroatoms. The number of nitrogens with zero attached hydrogens (tertiary/aromatic N) is 1. The fourth-order valence-corrected chi connectivity index (χ4v) is 3.14. The number of rotatable bonds is 7. The van der Waals surface area contributed by atoms with Gasteiger partial charge in [0.1, 0.15) is 5.75 Å². The lowest BCUT2D eigenvalue weighted by Gasteiger charge is -2.26. The van der Waals surface area contributed by atoms with Crippen LogP contribution in [-0.2, 0) is 16.0 Å². The predicted octanol–water partition coefficient (Wildman–Crippen LogP) is 3.65. The smallest absolute Gasteiger partial charge is 0.227 e. The number of hydrogen-bond acceptors (Lipinski definition) is 3. The van der Waals surface area contributed by atoms with Crippen molar-refractivity contribution in [3.63, 3.8) is 0 Å². The van der Waals surface area contributed by atoms with E-state index in [2.05, 4.69) is 5.32 Å². The molecular formula is C22H26N2O3. The second kappa shape index (κ2) is 9.76. The Balaban J connectivity index is 1.41. The number of benzene rings is 2. The van der Waals surface area contributed by atoms with Gasteiger partial charge in [-0.05, 0) is 49.1 Å². The van der Waals surface area contributed by atoms with Crippen LogP contribution in [0.2, 0.25) is 0 Å². The van der Waals surface area contributed by atoms with Gasteiger partial charge in [0.25, 0.3) is 0 Å². The monoisotopic (exact) mass is 366 g/mol. The summed E-state index contributed by atoms with van der Waals surface area (Å²) in [6.07, 6.45) is 4.12. The van der Waals surface area contributed by atoms with Crippen LogP contribution in [0, 0.1) is 0 Å². The van der Waals surface area contributed by atoms with Gasteiger partial charge in [-0.15, -0.1) is 0 Å². The third-order valence-corrected chi connectivity index (χ3v) is 4.64. The van der Waals surface area contributed by atoms with Gasteiger partial charge < -0.3 is 15.0 Å². The Hall–Kier alpha value is -2.82. The van der Waals surface area contributed by atoms with Gasteiger partial charge in [-0.3, -0.25) is 9.59 Å². The number of nitrogens with one attached hydrogen (secondary N) is 1. The van der Waals surface area contributed by atoms with Gasteiger partial charge in [-0.25, -0.2) is 0 Å². The number of carbonyl (C=O) groups is 2. The van der Waals surface area contributed by atoms with Crippen molar-refractivity contribution in [1.82, 2.24) is 4.90 Å². The molecule has 0 spiro atoms. The normalized spacial score (nSPS) is 13.9. The molecule has 27 heavy (non-hydrogen) atoms. The van der Waals surface area contributed by atoms with Crippen LogP contribution in [0.4, 0.5) is 5.69 Å². The number of likely N-dealkylation sites (tertiary alicyclic amines) is 1. The van der Waals surface area contributed by atoms with E-state index in [0.717, 1.165) is 42.9 Å². The Morgan fingerprint density at radius 2 is 1.63 bits per heavy atom. The lowest BCUT2D eigenvalue weighted by molar-refractivity contribution is -0.131. The molecule has 0 radical (unpaired) electrons. The van der Waals surface area contributed by atoms with Crippen molar-refractivity contribution in [3.05, 3.63) is 60.2 Å². The summed E-state index contributed by atoms with van der Waals surface area (Å²) in [5.74, 6) is 0.848. The minimum Gasteiger partial charge on any atom is -0.493 e. The van der Waals surface area contributed by atoms with Crippen molar-refractivity contribution in [2.45, 2.75) is 32.1 Å². The molecule has 2 amide bonds. The molecule has 0 aromatic heterocycles. The van der Waals surface area contributed by atoms with E-state index in [1.807, 2.05) is 59.5 Å². The highest BCUT2D eigenvalue weighted by molar-refractivity contribution is 5.90. The lowest BCUT2D eigenvalue weighted by atomic mass is 10.1. The highest BCUT2D eigenvalue weighted by Crippen LogP contribution is 2.14. The van der Waals surface area contributed by atoms with Gasteiger partial charge in [0.15, 0.2) is 0 Å². The van der Waals surface area contributed by atoms with Crippen molar-refractivity contribution in [3.8, 4) is 5.75 Å². The number of ether oxygens (including phenoxy) is 1. The molecule has 0 unspecified atom stereocenters. The first kappa shape index (κ1) is 19.0. The molecular weight excluding hydrogens is 340 g/mol. The van der Waals surface area contributed by atoms with Crippen LogP contribution < -0.4 is 10.1 Å². The maximum atomic E-state index is 12.3. The third-order valence-electron chi connectivity index (χ3n) is 4.64. The summed E-state index contributed by atoms with van der Waals surface area (Å²) in [6.45, 7) is 2.08. The quantitative estimate of drug-likeness (QED) is 0.814. The van der Waals surface area contributed by atoms with Crippen LogP contribution in [0.1, 0.15) is 31.2 Å². The summed E-state index contributed by atoms with van der Waals surface area (Å²) in [5.41, 5.74) is 1.70. The van der Waals surface area contributed by atoms with E-state index in [4.69, 9.17) is 4.74 Å². The number of hydrogen-bond donors (Lipinski definition) is 1. The summed E-state index contributed by atoms with van der Waals surface area (Å²) < 4.78 is 5.53. The highest BCUT2D eigenvalue weighted by atomic mass is 16.5. The second-order valence-electron chi connectivity index (χ2n) is 6.77. The predicted molar refractivity (Wildman–Crippen MR) is 106 cm³/mol. The molecule has 1 N–H and O–H groups in total. The Bertz CT molecular complexity index is 738. The Morgan fingerprint density at radius 3 is 2.33 bits per heavy atom. The van der Waals surface area contributed by atoms with Gasteiger partial charge in [0.05, 0.1) is 19.4 Å². The van der Waals surface area contributed by atoms with Crippen LogP contribution in [0.15, 0.2) is 54.6 Å². The molecule has 1 heterocycles. The summed E-state index contributed by atoms with van der Waals surface area (Å²) in [6, 6.07) is 16.9. The number of para-hydroxylation sites is 1. The molecule has 1 fully saturated rings. The topological polar surface area (TPSA) is 58.6 Å². The zero-order valence-electron chi connectivity index (χ0n) is 15.5. The van der Waals surface area contributed by atoms with Crippen molar-refractivity contribution < 1.29 is 14.3 Å². The van der Waals surface area contributed by atoms with Gasteiger partial charge in [0.2, 0.25) is 11.8 Å². The van der Waals surface area contributed by atoms with Crippen LogP contribution in [0.3, 0.4) is 0 Å². The first-order chi connectivity index (χ1) is 13.2. The molecule has 0 aliphatic carbocycles. The van der Waals surface area contributed by atoms with Crippen LogP contribution in [0.25, 0.3) is 0 Å². The average molecular weight is 366 g/mol. The molecule has 3 rings (SSSR count). The lowest BCUT2D eigenvalue weighted by Crippen LogP contribution is -2.36. The fourth-order valence-electron chi connectivity index (χ4n) is 3.14. The molecule has 0 saturated carbocycles. The van der Waals surface area contributed by atoms with E-state index in [0.29, 0.717) is 13.0 Å². The zero-order chi connectivity index (χ0) is 18.9. The fraction of sp³-hybridized carbons (Fsp3) is 0.364. The first-order valence-electron chi connectivity index (χ1n) is 9.55. The van der Waals surface area contributed by atoms with E-state index in [-0.39, 0.29) is 18.2 Å². The summed E-state index contributed by atoms with van der Waals surface area (Å²) in [7, 11) is 0. The van der Waals surface area contributed by atoms with Crippen LogP contribution >= 0.6 is 0 Å². The summed E-state index contributed by atoms with van der Waals surface area (Å²) in [4.78, 5) is 26.3. The SMILES string of the molecule is O=C(CCOc1ccccc1)Nc1ccc(CC(=O)N2CCCCC2)cc1. The molecule has 2 aromatic rings. The molecule has 0 bridgehead atoms. The summed E-state index contributed by atoms with van der Waals surface area (Å²) >= 11 is 0. The molecule has 0 atom stereocenters. The second-order valence-corrected chi connectivity index (χ2v) is 6.77. The number of carbonyl (C=O) groups excluding carboxylic acids is 2. The van der Waals surface area contributed by atoms with Crippen molar-refractivity contribution in [2.75, 3.05) is 25.0 Å². The standard InChI is InChI=1S/C22H26N2O3/c25-21(13-16-27-20-7-3-1-4-8-20)23-19-11-9-18(10-12-19)17-22(26)24-14-5-2-6-15-24/h1,3-4,7-12H,2,5-6,13-17H2,(H,23,25). The average Bonchev–Trinajstić information content (AvgIpc) is 2.71. The minimum absolute atomic E-state index is 0.0944. The van der Waals surface area contributed by atoms with Gasteiger partial charge in [0, 0.05) is 18.8 Å². The minimum atomic E-state index is -0.0944. The van der Waals surface area contributed by atoms with Crippen LogP contribution in [0.5, 0.6) is 5.75 Å². The van der Waals surface area contributed by atoms with E-state index in [9.17, 15) is 9.59 Å². The maximum absolute atomic E-state index is 12.3. The number of piperidine rings is 1. The van der Waals surface area contributed by atoms with Crippen LogP contribution in [-0.4, -0.2) is 36.4 Å². The molecule has 1 aliphatic heterocycles. The summed E-state index contributed by atoms with van der Waals surface area (Å²) in [5, 5.41) is 2.86.